The van der Waals surface area contributed by atoms with Gasteiger partial charge >= 0.3 is 5.97 Å². The standard InChI is InChI=1S/C11H18O2/c1-3-10-6-4-5-7-11(10,8-10)13-9(2)12/h3-8H2,1-2H3/t10-,11-/m0/s1. The highest BCUT2D eigenvalue weighted by Gasteiger charge is 2.69. The van der Waals surface area contributed by atoms with Crippen LogP contribution in [0.1, 0.15) is 52.4 Å². The summed E-state index contributed by atoms with van der Waals surface area (Å²) in [7, 11) is 0. The van der Waals surface area contributed by atoms with Crippen LogP contribution in [0.15, 0.2) is 0 Å². The van der Waals surface area contributed by atoms with Crippen LogP contribution in [-0.2, 0) is 9.53 Å². The third-order valence-corrected chi connectivity index (χ3v) is 3.97. The van der Waals surface area contributed by atoms with Crippen molar-refractivity contribution in [3.63, 3.8) is 0 Å². The minimum Gasteiger partial charge on any atom is -0.459 e. The molecule has 2 heteroatoms. The van der Waals surface area contributed by atoms with Crippen LogP contribution >= 0.6 is 0 Å². The molecule has 0 saturated heterocycles. The van der Waals surface area contributed by atoms with Crippen molar-refractivity contribution in [1.29, 1.82) is 0 Å². The lowest BCUT2D eigenvalue weighted by Crippen LogP contribution is -2.29. The fraction of sp³-hybridized carbons (Fsp3) is 0.909. The summed E-state index contributed by atoms with van der Waals surface area (Å²) in [6.07, 6.45) is 7.19. The van der Waals surface area contributed by atoms with E-state index >= 15 is 0 Å². The molecule has 2 aliphatic carbocycles. The van der Waals surface area contributed by atoms with Gasteiger partial charge in [0.15, 0.2) is 0 Å². The van der Waals surface area contributed by atoms with E-state index in [2.05, 4.69) is 6.92 Å². The number of carbonyl (C=O) groups is 1. The van der Waals surface area contributed by atoms with E-state index in [1.807, 2.05) is 0 Å². The van der Waals surface area contributed by atoms with E-state index in [9.17, 15) is 4.79 Å². The van der Waals surface area contributed by atoms with Crippen molar-refractivity contribution in [3.8, 4) is 0 Å². The van der Waals surface area contributed by atoms with Crippen LogP contribution in [0.5, 0.6) is 0 Å². The fourth-order valence-corrected chi connectivity index (χ4v) is 3.14. The van der Waals surface area contributed by atoms with Crippen molar-refractivity contribution in [2.45, 2.75) is 58.0 Å². The molecule has 2 nitrogen and oxygen atoms in total. The summed E-state index contributed by atoms with van der Waals surface area (Å²) in [5, 5.41) is 0. The van der Waals surface area contributed by atoms with Gasteiger partial charge in [-0.05, 0) is 32.1 Å². The molecule has 0 spiro atoms. The largest absolute Gasteiger partial charge is 0.459 e. The Bertz CT molecular complexity index is 236. The van der Waals surface area contributed by atoms with Gasteiger partial charge in [-0.25, -0.2) is 0 Å². The Labute approximate surface area is 79.7 Å². The maximum absolute atomic E-state index is 11.0. The Morgan fingerprint density at radius 1 is 1.38 bits per heavy atom. The molecular weight excluding hydrogens is 164 g/mol. The normalized spacial score (nSPS) is 42.3. The maximum Gasteiger partial charge on any atom is 0.303 e. The molecule has 0 aromatic rings. The van der Waals surface area contributed by atoms with Crippen LogP contribution in [0.3, 0.4) is 0 Å². The van der Waals surface area contributed by atoms with Gasteiger partial charge in [-0.2, -0.15) is 0 Å². The second-order valence-electron chi connectivity index (χ2n) is 4.61. The van der Waals surface area contributed by atoms with Gasteiger partial charge in [0.05, 0.1) is 0 Å². The fourth-order valence-electron chi connectivity index (χ4n) is 3.14. The molecule has 2 aliphatic rings. The van der Waals surface area contributed by atoms with Gasteiger partial charge < -0.3 is 4.74 Å². The zero-order chi connectivity index (χ0) is 9.53. The molecule has 0 heterocycles. The average molecular weight is 182 g/mol. The molecule has 0 aliphatic heterocycles. The van der Waals surface area contributed by atoms with Gasteiger partial charge in [0, 0.05) is 12.3 Å². The van der Waals surface area contributed by atoms with E-state index in [4.69, 9.17) is 4.74 Å². The summed E-state index contributed by atoms with van der Waals surface area (Å²) in [6, 6.07) is 0. The van der Waals surface area contributed by atoms with Gasteiger partial charge in [-0.1, -0.05) is 13.3 Å². The van der Waals surface area contributed by atoms with E-state index in [-0.39, 0.29) is 11.6 Å². The highest BCUT2D eigenvalue weighted by molar-refractivity contribution is 5.67. The minimum absolute atomic E-state index is 0.0359. The molecule has 0 amide bonds. The lowest BCUT2D eigenvalue weighted by molar-refractivity contribution is -0.152. The Balaban J connectivity index is 2.10. The number of ether oxygens (including phenoxy) is 1. The average Bonchev–Trinajstić information content (AvgIpc) is 2.72. The maximum atomic E-state index is 11.0. The summed E-state index contributed by atoms with van der Waals surface area (Å²) in [6.45, 7) is 3.75. The molecule has 13 heavy (non-hydrogen) atoms. The van der Waals surface area contributed by atoms with Gasteiger partial charge in [-0.15, -0.1) is 0 Å². The first-order valence-electron chi connectivity index (χ1n) is 5.34. The lowest BCUT2D eigenvalue weighted by atomic mass is 9.84. The van der Waals surface area contributed by atoms with Gasteiger partial charge in [0.25, 0.3) is 0 Å². The van der Waals surface area contributed by atoms with Gasteiger partial charge in [0.1, 0.15) is 5.60 Å². The van der Waals surface area contributed by atoms with Crippen LogP contribution in [0.25, 0.3) is 0 Å². The third-order valence-electron chi connectivity index (χ3n) is 3.97. The molecule has 0 aromatic heterocycles. The predicted molar refractivity (Wildman–Crippen MR) is 50.3 cm³/mol. The Morgan fingerprint density at radius 2 is 2.08 bits per heavy atom. The molecule has 74 valence electrons. The monoisotopic (exact) mass is 182 g/mol. The number of hydrogen-bond donors (Lipinski definition) is 0. The summed E-state index contributed by atoms with van der Waals surface area (Å²) >= 11 is 0. The van der Waals surface area contributed by atoms with Crippen LogP contribution in [0, 0.1) is 5.41 Å². The highest BCUT2D eigenvalue weighted by atomic mass is 16.6. The Kier molecular flexibility index (Phi) is 1.90. The number of hydrogen-bond acceptors (Lipinski definition) is 2. The molecule has 0 bridgehead atoms. The van der Waals surface area contributed by atoms with E-state index < -0.39 is 0 Å². The molecule has 2 fully saturated rings. The number of esters is 1. The molecule has 0 radical (unpaired) electrons. The Morgan fingerprint density at radius 3 is 2.69 bits per heavy atom. The highest BCUT2D eigenvalue weighted by Crippen LogP contribution is 2.68. The first-order chi connectivity index (χ1) is 6.14. The summed E-state index contributed by atoms with van der Waals surface area (Å²) < 4.78 is 5.51. The van der Waals surface area contributed by atoms with E-state index in [1.165, 1.54) is 32.6 Å². The first kappa shape index (κ1) is 9.04. The van der Waals surface area contributed by atoms with E-state index in [0.29, 0.717) is 5.41 Å². The van der Waals surface area contributed by atoms with Crippen molar-refractivity contribution in [2.75, 3.05) is 0 Å². The third kappa shape index (κ3) is 1.18. The zero-order valence-corrected chi connectivity index (χ0v) is 8.56. The van der Waals surface area contributed by atoms with E-state index in [0.717, 1.165) is 12.8 Å². The minimum atomic E-state index is -0.0998. The van der Waals surface area contributed by atoms with Crippen molar-refractivity contribution in [1.82, 2.24) is 0 Å². The molecule has 0 aromatic carbocycles. The SMILES string of the molecule is CC[C@@]12CCCC[C@]1(OC(C)=O)C2. The number of fused-ring (bicyclic) bond motifs is 1. The van der Waals surface area contributed by atoms with Crippen LogP contribution in [-0.4, -0.2) is 11.6 Å². The van der Waals surface area contributed by atoms with Gasteiger partial charge in [-0.3, -0.25) is 4.79 Å². The quantitative estimate of drug-likeness (QED) is 0.614. The molecule has 2 saturated carbocycles. The summed E-state index contributed by atoms with van der Waals surface area (Å²) in [5.41, 5.74) is 0.336. The van der Waals surface area contributed by atoms with Crippen molar-refractivity contribution >= 4 is 5.97 Å². The van der Waals surface area contributed by atoms with Crippen LogP contribution in [0.4, 0.5) is 0 Å². The number of rotatable bonds is 2. The Hall–Kier alpha value is -0.530. The topological polar surface area (TPSA) is 26.3 Å². The van der Waals surface area contributed by atoms with E-state index in [1.54, 1.807) is 0 Å². The van der Waals surface area contributed by atoms with Gasteiger partial charge in [0.2, 0.25) is 0 Å². The number of carbonyl (C=O) groups excluding carboxylic acids is 1. The van der Waals surface area contributed by atoms with Crippen molar-refractivity contribution in [3.05, 3.63) is 0 Å². The first-order valence-corrected chi connectivity index (χ1v) is 5.34. The second-order valence-corrected chi connectivity index (χ2v) is 4.61. The lowest BCUT2D eigenvalue weighted by Gasteiger charge is -2.29. The molecular formula is C11H18O2. The summed E-state index contributed by atoms with van der Waals surface area (Å²) in [4.78, 5) is 11.0. The smallest absolute Gasteiger partial charge is 0.303 e. The second kappa shape index (κ2) is 2.73. The molecule has 0 N–H and O–H groups in total. The van der Waals surface area contributed by atoms with Crippen LogP contribution < -0.4 is 0 Å². The van der Waals surface area contributed by atoms with Crippen LogP contribution in [0.2, 0.25) is 0 Å². The molecule has 2 atom stereocenters. The zero-order valence-electron chi connectivity index (χ0n) is 8.56. The predicted octanol–water partition coefficient (Wildman–Crippen LogP) is 2.66. The van der Waals surface area contributed by atoms with Crippen molar-refractivity contribution in [2.24, 2.45) is 5.41 Å². The molecule has 0 unspecified atom stereocenters. The van der Waals surface area contributed by atoms with Crippen molar-refractivity contribution < 1.29 is 9.53 Å². The molecule has 2 rings (SSSR count). The summed E-state index contributed by atoms with van der Waals surface area (Å²) in [5.74, 6) is -0.0998.